The van der Waals surface area contributed by atoms with Gasteiger partial charge in [-0.25, -0.2) is 9.67 Å². The highest BCUT2D eigenvalue weighted by atomic mass is 33.1. The summed E-state index contributed by atoms with van der Waals surface area (Å²) in [6.45, 7) is 1.80. The van der Waals surface area contributed by atoms with Gasteiger partial charge in [-0.3, -0.25) is 9.78 Å². The lowest BCUT2D eigenvalue weighted by molar-refractivity contribution is -0.0652. The van der Waals surface area contributed by atoms with Crippen LogP contribution in [0.1, 0.15) is 19.6 Å². The Hall–Kier alpha value is -1.60. The van der Waals surface area contributed by atoms with E-state index in [2.05, 4.69) is 20.1 Å². The minimum absolute atomic E-state index is 0.0429. The number of aliphatic hydroxyl groups excluding tert-OH is 1. The molecule has 0 amide bonds. The highest BCUT2D eigenvalue weighted by Crippen LogP contribution is 2.35. The largest absolute Gasteiger partial charge is 0.394 e. The zero-order chi connectivity index (χ0) is 20.3. The van der Waals surface area contributed by atoms with Gasteiger partial charge in [-0.1, -0.05) is 21.6 Å². The van der Waals surface area contributed by atoms with E-state index in [0.29, 0.717) is 17.5 Å². The fraction of sp³-hybridized carbons (Fsp3) is 0.625. The van der Waals surface area contributed by atoms with Gasteiger partial charge in [0.1, 0.15) is 16.9 Å². The fourth-order valence-corrected chi connectivity index (χ4v) is 4.34. The molecular weight excluding hydrogens is 404 g/mol. The van der Waals surface area contributed by atoms with Crippen LogP contribution in [0.2, 0.25) is 0 Å². The zero-order valence-electron chi connectivity index (χ0n) is 16.1. The predicted octanol–water partition coefficient (Wildman–Crippen LogP) is 1.36. The molecule has 1 saturated heterocycles. The van der Waals surface area contributed by atoms with Gasteiger partial charge in [0.05, 0.1) is 25.2 Å². The highest BCUT2D eigenvalue weighted by molar-refractivity contribution is 8.76. The molecule has 2 aromatic rings. The van der Waals surface area contributed by atoms with E-state index in [1.807, 2.05) is 27.3 Å². The van der Waals surface area contributed by atoms with Crippen molar-refractivity contribution in [2.75, 3.05) is 27.0 Å². The number of aliphatic imine (C=N–C) groups is 1. The fourth-order valence-electron chi connectivity index (χ4n) is 2.93. The molecule has 1 aliphatic rings. The monoisotopic (exact) mass is 428 g/mol. The topological polar surface area (TPSA) is 118 Å². The summed E-state index contributed by atoms with van der Waals surface area (Å²) in [7, 11) is 6.86. The predicted molar refractivity (Wildman–Crippen MR) is 111 cm³/mol. The van der Waals surface area contributed by atoms with Gasteiger partial charge in [0, 0.05) is 20.5 Å². The van der Waals surface area contributed by atoms with Crippen molar-refractivity contribution in [2.24, 2.45) is 4.99 Å². The quantitative estimate of drug-likeness (QED) is 0.278. The van der Waals surface area contributed by atoms with E-state index in [-0.39, 0.29) is 29.7 Å². The number of nitrogens with one attached hydrogen (secondary N) is 1. The van der Waals surface area contributed by atoms with Gasteiger partial charge in [-0.15, -0.1) is 0 Å². The molecule has 0 radical (unpaired) electrons. The van der Waals surface area contributed by atoms with Crippen LogP contribution < -0.4 is 5.56 Å². The molecule has 154 valence electrons. The second-order valence-electron chi connectivity index (χ2n) is 6.48. The van der Waals surface area contributed by atoms with Crippen LogP contribution in [0.3, 0.4) is 0 Å². The molecule has 1 fully saturated rings. The lowest BCUT2D eigenvalue weighted by Crippen LogP contribution is -2.29. The molecule has 0 bridgehead atoms. The maximum Gasteiger partial charge on any atom is 0.263 e. The number of aromatic nitrogens is 4. The average Bonchev–Trinajstić information content (AvgIpc) is 3.24. The van der Waals surface area contributed by atoms with Crippen LogP contribution in [0.5, 0.6) is 0 Å². The Bertz CT molecular complexity index is 886. The number of ether oxygens (including phenoxy) is 2. The van der Waals surface area contributed by atoms with E-state index in [1.54, 1.807) is 37.5 Å². The van der Waals surface area contributed by atoms with E-state index in [9.17, 15) is 9.90 Å². The van der Waals surface area contributed by atoms with E-state index in [4.69, 9.17) is 9.47 Å². The molecular formula is C16H24N6O4S2. The van der Waals surface area contributed by atoms with Crippen LogP contribution in [-0.4, -0.2) is 80.7 Å². The van der Waals surface area contributed by atoms with Crippen LogP contribution in [0, 0.1) is 0 Å². The summed E-state index contributed by atoms with van der Waals surface area (Å²) < 4.78 is 13.5. The first kappa shape index (κ1) is 21.1. The molecule has 12 heteroatoms. The smallest absolute Gasteiger partial charge is 0.263 e. The summed E-state index contributed by atoms with van der Waals surface area (Å²) in [5.74, 6) is 0.183. The SMILES string of the molecule is CSS[C@H](C)OC1C[C@H](n2ncc3c(=O)[nH]c(/N=C\N(C)C)nc32)O[C@@H]1CO. The Balaban J connectivity index is 1.87. The van der Waals surface area contributed by atoms with Crippen molar-refractivity contribution in [2.45, 2.75) is 37.2 Å². The number of H-pyrrole nitrogens is 1. The first-order valence-corrected chi connectivity index (χ1v) is 11.3. The standard InChI is InChI=1S/C16H24N6O4S2/c1-9(28-27-4)25-11-5-13(26-12(11)7-23)22-14-10(6-18-22)15(24)20-16(19-14)17-8-21(2)3/h6,8-9,11-13,23H,5,7H2,1-4H3,(H,19,20,24)/b17-8-/t9-,11?,12-,13-/m1/s1. The van der Waals surface area contributed by atoms with E-state index in [0.717, 1.165) is 0 Å². The minimum atomic E-state index is -0.494. The molecule has 0 aromatic carbocycles. The Morgan fingerprint density at radius 3 is 3.07 bits per heavy atom. The molecule has 28 heavy (non-hydrogen) atoms. The molecule has 2 aromatic heterocycles. The Labute approximate surface area is 170 Å². The average molecular weight is 429 g/mol. The third-order valence-corrected chi connectivity index (χ3v) is 6.06. The van der Waals surface area contributed by atoms with Crippen LogP contribution in [0.15, 0.2) is 16.0 Å². The number of aromatic amines is 1. The lowest BCUT2D eigenvalue weighted by Gasteiger charge is -2.20. The van der Waals surface area contributed by atoms with Crippen LogP contribution in [-0.2, 0) is 9.47 Å². The van der Waals surface area contributed by atoms with Gasteiger partial charge in [-0.05, 0) is 13.2 Å². The van der Waals surface area contributed by atoms with Gasteiger partial charge in [0.2, 0.25) is 5.95 Å². The number of rotatable bonds is 8. The Morgan fingerprint density at radius 1 is 1.61 bits per heavy atom. The van der Waals surface area contributed by atoms with Crippen LogP contribution >= 0.6 is 21.6 Å². The maximum absolute atomic E-state index is 12.3. The third kappa shape index (κ3) is 4.69. The van der Waals surface area contributed by atoms with Crippen LogP contribution in [0.25, 0.3) is 11.0 Å². The van der Waals surface area contributed by atoms with Crippen molar-refractivity contribution in [1.82, 2.24) is 24.6 Å². The molecule has 1 unspecified atom stereocenters. The number of hydrogen-bond acceptors (Lipinski definition) is 9. The van der Waals surface area contributed by atoms with Gasteiger partial charge >= 0.3 is 0 Å². The first-order chi connectivity index (χ1) is 13.4. The van der Waals surface area contributed by atoms with Crippen molar-refractivity contribution in [3.05, 3.63) is 16.6 Å². The minimum Gasteiger partial charge on any atom is -0.394 e. The van der Waals surface area contributed by atoms with Gasteiger partial charge in [-0.2, -0.15) is 10.1 Å². The van der Waals surface area contributed by atoms with Gasteiger partial charge in [0.15, 0.2) is 11.9 Å². The number of hydrogen-bond donors (Lipinski definition) is 2. The summed E-state index contributed by atoms with van der Waals surface area (Å²) in [5, 5.41) is 14.3. The lowest BCUT2D eigenvalue weighted by atomic mass is 10.2. The van der Waals surface area contributed by atoms with Crippen LogP contribution in [0.4, 0.5) is 5.95 Å². The molecule has 0 spiro atoms. The molecule has 0 aliphatic carbocycles. The summed E-state index contributed by atoms with van der Waals surface area (Å²) in [6, 6.07) is 0. The summed E-state index contributed by atoms with van der Waals surface area (Å²) >= 11 is 0. The molecule has 10 nitrogen and oxygen atoms in total. The molecule has 3 rings (SSSR count). The molecule has 0 saturated carbocycles. The van der Waals surface area contributed by atoms with Crippen molar-refractivity contribution in [1.29, 1.82) is 0 Å². The summed E-state index contributed by atoms with van der Waals surface area (Å²) in [4.78, 5) is 25.3. The molecule has 3 heterocycles. The van der Waals surface area contributed by atoms with Gasteiger partial charge < -0.3 is 19.5 Å². The maximum atomic E-state index is 12.3. The molecule has 4 atom stereocenters. The second kappa shape index (κ2) is 9.27. The van der Waals surface area contributed by atoms with Crippen molar-refractivity contribution in [3.63, 3.8) is 0 Å². The Kier molecular flexibility index (Phi) is 6.99. The van der Waals surface area contributed by atoms with E-state index >= 15 is 0 Å². The third-order valence-electron chi connectivity index (χ3n) is 4.09. The Morgan fingerprint density at radius 2 is 2.39 bits per heavy atom. The zero-order valence-corrected chi connectivity index (χ0v) is 17.7. The number of aliphatic hydroxyl groups is 1. The second-order valence-corrected chi connectivity index (χ2v) is 9.24. The van der Waals surface area contributed by atoms with E-state index in [1.165, 1.54) is 6.20 Å². The highest BCUT2D eigenvalue weighted by Gasteiger charge is 2.38. The normalized spacial score (nSPS) is 23.7. The molecule has 2 N–H and O–H groups in total. The number of nitrogens with zero attached hydrogens (tertiary/aromatic N) is 5. The van der Waals surface area contributed by atoms with E-state index < -0.39 is 12.3 Å². The number of fused-ring (bicyclic) bond motifs is 1. The first-order valence-electron chi connectivity index (χ1n) is 8.72. The molecule has 1 aliphatic heterocycles. The van der Waals surface area contributed by atoms with Gasteiger partial charge in [0.25, 0.3) is 5.56 Å². The van der Waals surface area contributed by atoms with Crippen molar-refractivity contribution in [3.8, 4) is 0 Å². The van der Waals surface area contributed by atoms with Crippen molar-refractivity contribution < 1.29 is 14.6 Å². The van der Waals surface area contributed by atoms with Crippen molar-refractivity contribution >= 4 is 44.9 Å². The summed E-state index contributed by atoms with van der Waals surface area (Å²) in [6.07, 6.45) is 4.24. The summed E-state index contributed by atoms with van der Waals surface area (Å²) in [5.41, 5.74) is 0.0129.